The van der Waals surface area contributed by atoms with Crippen molar-refractivity contribution >= 4 is 0 Å². The van der Waals surface area contributed by atoms with Crippen LogP contribution in [0.1, 0.15) is 51.1 Å². The number of rotatable bonds is 8. The molecule has 0 aliphatic heterocycles. The van der Waals surface area contributed by atoms with Gasteiger partial charge in [-0.2, -0.15) is 5.26 Å². The summed E-state index contributed by atoms with van der Waals surface area (Å²) in [7, 11) is 0. The number of nitriles is 1. The van der Waals surface area contributed by atoms with Crippen molar-refractivity contribution in [1.82, 2.24) is 9.97 Å². The van der Waals surface area contributed by atoms with E-state index in [2.05, 4.69) is 16.9 Å². The van der Waals surface area contributed by atoms with Gasteiger partial charge in [0, 0.05) is 0 Å². The van der Waals surface area contributed by atoms with Gasteiger partial charge in [-0.15, -0.1) is 0 Å². The Morgan fingerprint density at radius 2 is 1.88 bits per heavy atom. The minimum atomic E-state index is 0.317. The van der Waals surface area contributed by atoms with E-state index < -0.39 is 0 Å². The lowest BCUT2D eigenvalue weighted by Gasteiger charge is -2.04. The summed E-state index contributed by atoms with van der Waals surface area (Å²) in [6.07, 6.45) is 10.4. The average molecular weight is 233 g/mol. The first kappa shape index (κ1) is 13.4. The van der Waals surface area contributed by atoms with Crippen molar-refractivity contribution in [2.75, 3.05) is 6.61 Å². The molecule has 0 saturated carbocycles. The first-order valence-electron chi connectivity index (χ1n) is 6.21. The maximum atomic E-state index is 8.55. The molecule has 1 rings (SSSR count). The SMILES string of the molecule is CCCCCCCCOc1cnc(C#N)cn1. The smallest absolute Gasteiger partial charge is 0.232 e. The number of nitrogens with zero attached hydrogens (tertiary/aromatic N) is 3. The lowest BCUT2D eigenvalue weighted by Crippen LogP contribution is -2.00. The van der Waals surface area contributed by atoms with Gasteiger partial charge < -0.3 is 4.74 Å². The van der Waals surface area contributed by atoms with Gasteiger partial charge in [-0.25, -0.2) is 9.97 Å². The van der Waals surface area contributed by atoms with Crippen LogP contribution in [0.2, 0.25) is 0 Å². The van der Waals surface area contributed by atoms with Crippen LogP contribution in [-0.4, -0.2) is 16.6 Å². The van der Waals surface area contributed by atoms with Gasteiger partial charge >= 0.3 is 0 Å². The van der Waals surface area contributed by atoms with E-state index in [1.54, 1.807) is 0 Å². The monoisotopic (exact) mass is 233 g/mol. The van der Waals surface area contributed by atoms with Gasteiger partial charge in [0.25, 0.3) is 0 Å². The predicted molar refractivity (Wildman–Crippen MR) is 65.6 cm³/mol. The molecule has 4 heteroatoms. The lowest BCUT2D eigenvalue weighted by atomic mass is 10.1. The second-order valence-corrected chi connectivity index (χ2v) is 3.97. The fourth-order valence-electron chi connectivity index (χ4n) is 1.51. The van der Waals surface area contributed by atoms with Crippen LogP contribution in [0.3, 0.4) is 0 Å². The standard InChI is InChI=1S/C13H19N3O/c1-2-3-4-5-6-7-8-17-13-11-15-12(9-14)10-16-13/h10-11H,2-8H2,1H3. The van der Waals surface area contributed by atoms with Crippen LogP contribution in [-0.2, 0) is 0 Å². The summed E-state index contributed by atoms with van der Waals surface area (Å²) < 4.78 is 5.43. The molecule has 0 fully saturated rings. The normalized spacial score (nSPS) is 9.88. The molecule has 0 spiro atoms. The van der Waals surface area contributed by atoms with Crippen molar-refractivity contribution in [1.29, 1.82) is 5.26 Å². The zero-order valence-electron chi connectivity index (χ0n) is 10.4. The number of unbranched alkanes of at least 4 members (excludes halogenated alkanes) is 5. The molecule has 0 N–H and O–H groups in total. The zero-order valence-corrected chi connectivity index (χ0v) is 10.4. The predicted octanol–water partition coefficient (Wildman–Crippen LogP) is 3.09. The van der Waals surface area contributed by atoms with Crippen LogP contribution in [0.5, 0.6) is 5.88 Å². The Labute approximate surface area is 103 Å². The summed E-state index contributed by atoms with van der Waals surface area (Å²) in [4.78, 5) is 7.88. The highest BCUT2D eigenvalue weighted by molar-refractivity contribution is 5.18. The Bertz CT molecular complexity index is 343. The highest BCUT2D eigenvalue weighted by Gasteiger charge is 1.97. The zero-order chi connectivity index (χ0) is 12.3. The second-order valence-electron chi connectivity index (χ2n) is 3.97. The van der Waals surface area contributed by atoms with Gasteiger partial charge in [-0.1, -0.05) is 39.0 Å². The van der Waals surface area contributed by atoms with E-state index in [1.807, 2.05) is 6.07 Å². The van der Waals surface area contributed by atoms with Crippen molar-refractivity contribution in [2.45, 2.75) is 45.4 Å². The van der Waals surface area contributed by atoms with E-state index in [0.717, 1.165) is 6.42 Å². The third-order valence-corrected chi connectivity index (χ3v) is 2.49. The van der Waals surface area contributed by atoms with Crippen LogP contribution in [0.4, 0.5) is 0 Å². The summed E-state index contributed by atoms with van der Waals surface area (Å²) in [5.41, 5.74) is 0.317. The Balaban J connectivity index is 2.08. The molecule has 0 saturated heterocycles. The number of hydrogen-bond donors (Lipinski definition) is 0. The molecule has 0 unspecified atom stereocenters. The molecular formula is C13H19N3O. The average Bonchev–Trinajstić information content (AvgIpc) is 2.38. The summed E-state index contributed by atoms with van der Waals surface area (Å²) in [5.74, 6) is 0.498. The van der Waals surface area contributed by atoms with Gasteiger partial charge in [-0.05, 0) is 6.42 Å². The molecule has 17 heavy (non-hydrogen) atoms. The van der Waals surface area contributed by atoms with Crippen LogP contribution >= 0.6 is 0 Å². The van der Waals surface area contributed by atoms with Crippen LogP contribution in [0, 0.1) is 11.3 Å². The molecule has 0 atom stereocenters. The van der Waals surface area contributed by atoms with Crippen LogP contribution < -0.4 is 4.74 Å². The third kappa shape index (κ3) is 5.86. The molecule has 0 radical (unpaired) electrons. The van der Waals surface area contributed by atoms with Crippen molar-refractivity contribution < 1.29 is 4.74 Å². The minimum Gasteiger partial charge on any atom is -0.477 e. The van der Waals surface area contributed by atoms with E-state index in [1.165, 1.54) is 44.5 Å². The van der Waals surface area contributed by atoms with Gasteiger partial charge in [0.05, 0.1) is 19.0 Å². The largest absolute Gasteiger partial charge is 0.477 e. The molecule has 0 aliphatic carbocycles. The fraction of sp³-hybridized carbons (Fsp3) is 0.615. The molecule has 0 bridgehead atoms. The van der Waals surface area contributed by atoms with Crippen LogP contribution in [0.25, 0.3) is 0 Å². The van der Waals surface area contributed by atoms with Crippen molar-refractivity contribution in [2.24, 2.45) is 0 Å². The van der Waals surface area contributed by atoms with Crippen LogP contribution in [0.15, 0.2) is 12.4 Å². The topological polar surface area (TPSA) is 58.8 Å². The Kier molecular flexibility index (Phi) is 6.73. The molecule has 0 amide bonds. The fourth-order valence-corrected chi connectivity index (χ4v) is 1.51. The lowest BCUT2D eigenvalue weighted by molar-refractivity contribution is 0.292. The van der Waals surface area contributed by atoms with Gasteiger partial charge in [0.1, 0.15) is 6.07 Å². The second kappa shape index (κ2) is 8.51. The number of aromatic nitrogens is 2. The van der Waals surface area contributed by atoms with E-state index in [0.29, 0.717) is 18.2 Å². The summed E-state index contributed by atoms with van der Waals surface area (Å²) in [5, 5.41) is 8.55. The molecule has 0 aliphatic rings. The molecule has 4 nitrogen and oxygen atoms in total. The maximum absolute atomic E-state index is 8.55. The molecule has 1 aromatic heterocycles. The quantitative estimate of drug-likeness (QED) is 0.647. The van der Waals surface area contributed by atoms with E-state index in [-0.39, 0.29) is 0 Å². The van der Waals surface area contributed by atoms with E-state index >= 15 is 0 Å². The van der Waals surface area contributed by atoms with E-state index in [4.69, 9.17) is 10.00 Å². The number of hydrogen-bond acceptors (Lipinski definition) is 4. The van der Waals surface area contributed by atoms with Crippen molar-refractivity contribution in [3.8, 4) is 11.9 Å². The van der Waals surface area contributed by atoms with Crippen molar-refractivity contribution in [3.63, 3.8) is 0 Å². The molecule has 92 valence electrons. The summed E-state index contributed by atoms with van der Waals surface area (Å²) in [6.45, 7) is 2.89. The first-order valence-corrected chi connectivity index (χ1v) is 6.21. The van der Waals surface area contributed by atoms with Gasteiger partial charge in [-0.3, -0.25) is 0 Å². The summed E-state index contributed by atoms with van der Waals surface area (Å²) >= 11 is 0. The Hall–Kier alpha value is -1.63. The molecule has 1 heterocycles. The molecule has 1 aromatic rings. The van der Waals surface area contributed by atoms with Crippen molar-refractivity contribution in [3.05, 3.63) is 18.1 Å². The highest BCUT2D eigenvalue weighted by atomic mass is 16.5. The van der Waals surface area contributed by atoms with E-state index in [9.17, 15) is 0 Å². The summed E-state index contributed by atoms with van der Waals surface area (Å²) in [6, 6.07) is 1.92. The first-order chi connectivity index (χ1) is 8.36. The van der Waals surface area contributed by atoms with Gasteiger partial charge in [0.2, 0.25) is 5.88 Å². The number of ether oxygens (including phenoxy) is 1. The highest BCUT2D eigenvalue weighted by Crippen LogP contribution is 2.07. The van der Waals surface area contributed by atoms with Gasteiger partial charge in [0.15, 0.2) is 5.69 Å². The minimum absolute atomic E-state index is 0.317. The Morgan fingerprint density at radius 1 is 1.12 bits per heavy atom. The maximum Gasteiger partial charge on any atom is 0.232 e. The Morgan fingerprint density at radius 3 is 2.53 bits per heavy atom. The third-order valence-electron chi connectivity index (χ3n) is 2.49. The molecule has 0 aromatic carbocycles. The molecular weight excluding hydrogens is 214 g/mol.